The van der Waals surface area contributed by atoms with Gasteiger partial charge in [0, 0.05) is 7.05 Å². The Morgan fingerprint density at radius 3 is 2.22 bits per heavy atom. The van der Waals surface area contributed by atoms with Crippen molar-refractivity contribution in [2.75, 3.05) is 13.7 Å². The molecule has 0 unspecified atom stereocenters. The van der Waals surface area contributed by atoms with Crippen molar-refractivity contribution in [1.82, 2.24) is 4.90 Å². The zero-order valence-electron chi connectivity index (χ0n) is 12.7. The molecule has 0 bridgehead atoms. The van der Waals surface area contributed by atoms with Crippen LogP contribution in [0, 0.1) is 5.92 Å². The zero-order valence-corrected chi connectivity index (χ0v) is 12.7. The number of aliphatic hydroxyl groups excluding tert-OH is 1. The van der Waals surface area contributed by atoms with Crippen LogP contribution in [0.4, 0.5) is 4.79 Å². The Morgan fingerprint density at radius 1 is 1.39 bits per heavy atom. The Kier molecular flexibility index (Phi) is 6.39. The Bertz CT molecular complexity index is 303. The molecule has 0 aliphatic heterocycles. The Hall–Kier alpha value is -1.03. The van der Waals surface area contributed by atoms with Crippen LogP contribution in [-0.2, 0) is 4.74 Å². The number of hydrogen-bond acceptors (Lipinski definition) is 3. The molecule has 1 N–H and O–H groups in total. The SMILES string of the molecule is C/C(=C\[C@H](C(C)C)N(C)C(=O)OC(C)(C)C)CO. The minimum absolute atomic E-state index is 0.00534. The van der Waals surface area contributed by atoms with Gasteiger partial charge in [-0.1, -0.05) is 25.5 Å². The van der Waals surface area contributed by atoms with Crippen LogP contribution in [0.5, 0.6) is 0 Å². The summed E-state index contributed by atoms with van der Waals surface area (Å²) < 4.78 is 5.34. The summed E-state index contributed by atoms with van der Waals surface area (Å²) in [7, 11) is 1.72. The smallest absolute Gasteiger partial charge is 0.410 e. The third-order valence-corrected chi connectivity index (χ3v) is 2.52. The van der Waals surface area contributed by atoms with Crippen molar-refractivity contribution < 1.29 is 14.6 Å². The average molecular weight is 257 g/mol. The van der Waals surface area contributed by atoms with Crippen LogP contribution in [0.2, 0.25) is 0 Å². The van der Waals surface area contributed by atoms with Crippen molar-refractivity contribution in [2.24, 2.45) is 5.92 Å². The van der Waals surface area contributed by atoms with Crippen molar-refractivity contribution in [2.45, 2.75) is 53.2 Å². The minimum Gasteiger partial charge on any atom is -0.444 e. The average Bonchev–Trinajstić information content (AvgIpc) is 2.21. The Balaban J connectivity index is 4.88. The van der Waals surface area contributed by atoms with Crippen molar-refractivity contribution >= 4 is 6.09 Å². The highest BCUT2D eigenvalue weighted by atomic mass is 16.6. The quantitative estimate of drug-likeness (QED) is 0.788. The lowest BCUT2D eigenvalue weighted by molar-refractivity contribution is 0.0222. The highest BCUT2D eigenvalue weighted by Gasteiger charge is 2.25. The van der Waals surface area contributed by atoms with E-state index < -0.39 is 5.60 Å². The number of carbonyl (C=O) groups excluding carboxylic acids is 1. The van der Waals surface area contributed by atoms with Crippen molar-refractivity contribution in [3.05, 3.63) is 11.6 Å². The summed E-state index contributed by atoms with van der Waals surface area (Å²) in [6.45, 7) is 11.5. The molecule has 0 heterocycles. The Labute approximate surface area is 111 Å². The third kappa shape index (κ3) is 6.05. The molecule has 0 saturated carbocycles. The number of hydrogen-bond donors (Lipinski definition) is 1. The standard InChI is InChI=1S/C14H27NO3/c1-10(2)12(8-11(3)9-16)15(7)13(17)18-14(4,5)6/h8,10,12,16H,9H2,1-7H3/b11-8+/t12-/m1/s1. The van der Waals surface area contributed by atoms with E-state index in [9.17, 15) is 4.79 Å². The third-order valence-electron chi connectivity index (χ3n) is 2.52. The van der Waals surface area contributed by atoms with Crippen LogP contribution in [-0.4, -0.2) is 41.4 Å². The molecule has 0 rings (SSSR count). The van der Waals surface area contributed by atoms with Crippen LogP contribution in [0.3, 0.4) is 0 Å². The number of rotatable bonds is 4. The van der Waals surface area contributed by atoms with E-state index >= 15 is 0 Å². The zero-order chi connectivity index (χ0) is 14.5. The van der Waals surface area contributed by atoms with Gasteiger partial charge in [-0.15, -0.1) is 0 Å². The number of amides is 1. The van der Waals surface area contributed by atoms with E-state index in [-0.39, 0.29) is 24.7 Å². The molecule has 0 aromatic rings. The Morgan fingerprint density at radius 2 is 1.89 bits per heavy atom. The number of carbonyl (C=O) groups is 1. The first-order chi connectivity index (χ1) is 8.08. The van der Waals surface area contributed by atoms with Gasteiger partial charge in [-0.05, 0) is 33.6 Å². The monoisotopic (exact) mass is 257 g/mol. The van der Waals surface area contributed by atoms with E-state index in [1.54, 1.807) is 11.9 Å². The van der Waals surface area contributed by atoms with Gasteiger partial charge in [-0.2, -0.15) is 0 Å². The second kappa shape index (κ2) is 6.78. The van der Waals surface area contributed by atoms with Crippen LogP contribution in [0.25, 0.3) is 0 Å². The molecule has 0 aromatic carbocycles. The van der Waals surface area contributed by atoms with E-state index in [1.165, 1.54) is 0 Å². The second-order valence-electron chi connectivity index (χ2n) is 6.00. The van der Waals surface area contributed by atoms with Gasteiger partial charge >= 0.3 is 6.09 Å². The molecule has 1 atom stereocenters. The van der Waals surface area contributed by atoms with E-state index in [0.29, 0.717) is 0 Å². The lowest BCUT2D eigenvalue weighted by Gasteiger charge is -2.31. The molecule has 4 nitrogen and oxygen atoms in total. The van der Waals surface area contributed by atoms with Gasteiger partial charge in [0.25, 0.3) is 0 Å². The maximum Gasteiger partial charge on any atom is 0.410 e. The van der Waals surface area contributed by atoms with Crippen molar-refractivity contribution in [1.29, 1.82) is 0 Å². The highest BCUT2D eigenvalue weighted by molar-refractivity contribution is 5.68. The van der Waals surface area contributed by atoms with E-state index in [4.69, 9.17) is 9.84 Å². The normalized spacial score (nSPS) is 14.6. The fraction of sp³-hybridized carbons (Fsp3) is 0.786. The summed E-state index contributed by atoms with van der Waals surface area (Å²) in [5.74, 6) is 0.254. The molecule has 0 saturated heterocycles. The van der Waals surface area contributed by atoms with Gasteiger partial charge in [0.05, 0.1) is 12.6 Å². The predicted octanol–water partition coefficient (Wildman–Crippen LogP) is 2.82. The summed E-state index contributed by atoms with van der Waals surface area (Å²) >= 11 is 0. The molecule has 0 spiro atoms. The molecule has 1 amide bonds. The topological polar surface area (TPSA) is 49.8 Å². The number of aliphatic hydroxyl groups is 1. The second-order valence-corrected chi connectivity index (χ2v) is 6.00. The molecule has 106 valence electrons. The first-order valence-electron chi connectivity index (χ1n) is 6.32. The number of ether oxygens (including phenoxy) is 1. The molecule has 0 aliphatic rings. The first kappa shape index (κ1) is 17.0. The summed E-state index contributed by atoms with van der Waals surface area (Å²) in [4.78, 5) is 13.6. The largest absolute Gasteiger partial charge is 0.444 e. The summed E-state index contributed by atoms with van der Waals surface area (Å²) in [6.07, 6.45) is 1.57. The van der Waals surface area contributed by atoms with E-state index in [0.717, 1.165) is 5.57 Å². The maximum absolute atomic E-state index is 12.0. The van der Waals surface area contributed by atoms with Gasteiger partial charge in [-0.25, -0.2) is 4.79 Å². The van der Waals surface area contributed by atoms with Crippen LogP contribution in [0.1, 0.15) is 41.5 Å². The van der Waals surface area contributed by atoms with Crippen LogP contribution >= 0.6 is 0 Å². The number of likely N-dealkylation sites (N-methyl/N-ethyl adjacent to an activating group) is 1. The van der Waals surface area contributed by atoms with Crippen LogP contribution in [0.15, 0.2) is 11.6 Å². The molecule has 0 fully saturated rings. The molecule has 0 radical (unpaired) electrons. The van der Waals surface area contributed by atoms with Crippen molar-refractivity contribution in [3.8, 4) is 0 Å². The molecule has 0 aliphatic carbocycles. The first-order valence-corrected chi connectivity index (χ1v) is 6.32. The number of nitrogens with zero attached hydrogens (tertiary/aromatic N) is 1. The summed E-state index contributed by atoms with van der Waals surface area (Å²) in [5.41, 5.74) is 0.354. The summed E-state index contributed by atoms with van der Waals surface area (Å²) in [5, 5.41) is 9.07. The van der Waals surface area contributed by atoms with Crippen LogP contribution < -0.4 is 0 Å². The lowest BCUT2D eigenvalue weighted by atomic mass is 10.0. The fourth-order valence-electron chi connectivity index (χ4n) is 1.55. The highest BCUT2D eigenvalue weighted by Crippen LogP contribution is 2.17. The van der Waals surface area contributed by atoms with Gasteiger partial charge in [0.1, 0.15) is 5.60 Å². The minimum atomic E-state index is -0.497. The predicted molar refractivity (Wildman–Crippen MR) is 73.5 cm³/mol. The molecular formula is C14H27NO3. The molecular weight excluding hydrogens is 230 g/mol. The molecule has 0 aromatic heterocycles. The van der Waals surface area contributed by atoms with E-state index in [1.807, 2.05) is 47.6 Å². The van der Waals surface area contributed by atoms with E-state index in [2.05, 4.69) is 0 Å². The summed E-state index contributed by atoms with van der Waals surface area (Å²) in [6, 6.07) is -0.0769. The van der Waals surface area contributed by atoms with Gasteiger partial charge < -0.3 is 14.7 Å². The van der Waals surface area contributed by atoms with Gasteiger partial charge in [0.15, 0.2) is 0 Å². The maximum atomic E-state index is 12.0. The van der Waals surface area contributed by atoms with Gasteiger partial charge in [-0.3, -0.25) is 0 Å². The molecule has 4 heteroatoms. The van der Waals surface area contributed by atoms with Crippen molar-refractivity contribution in [3.63, 3.8) is 0 Å². The van der Waals surface area contributed by atoms with Gasteiger partial charge in [0.2, 0.25) is 0 Å². The molecule has 18 heavy (non-hydrogen) atoms. The lowest BCUT2D eigenvalue weighted by Crippen LogP contribution is -2.42. The fourth-order valence-corrected chi connectivity index (χ4v) is 1.55.